The van der Waals surface area contributed by atoms with Crippen LogP contribution < -0.4 is 16.4 Å². The zero-order chi connectivity index (χ0) is 25.3. The van der Waals surface area contributed by atoms with Crippen LogP contribution in [0.3, 0.4) is 0 Å². The van der Waals surface area contributed by atoms with Gasteiger partial charge in [-0.3, -0.25) is 9.59 Å². The molecule has 9 heteroatoms. The van der Waals surface area contributed by atoms with Crippen LogP contribution in [0.15, 0.2) is 0 Å². The number of nitrogens with zero attached hydrogens (tertiary/aromatic N) is 1. The molecule has 1 heterocycles. The van der Waals surface area contributed by atoms with E-state index in [1.807, 2.05) is 27.7 Å². The predicted molar refractivity (Wildman–Crippen MR) is 138 cm³/mol. The lowest BCUT2D eigenvalue weighted by Crippen LogP contribution is -2.60. The molecule has 2 aliphatic rings. The van der Waals surface area contributed by atoms with Crippen LogP contribution >= 0.6 is 11.8 Å². The first kappa shape index (κ1) is 28.8. The Morgan fingerprint density at radius 1 is 1.18 bits per heavy atom. The van der Waals surface area contributed by atoms with E-state index in [0.717, 1.165) is 25.0 Å². The fraction of sp³-hybridized carbons (Fsp3) is 0.880. The molecule has 2 fully saturated rings. The van der Waals surface area contributed by atoms with Gasteiger partial charge in [0.05, 0.1) is 6.61 Å². The van der Waals surface area contributed by atoms with Gasteiger partial charge in [-0.1, -0.05) is 40.0 Å². The molecule has 4 N–H and O–H groups in total. The number of carbonyl (C=O) groups excluding carboxylic acids is 3. The van der Waals surface area contributed by atoms with Gasteiger partial charge >= 0.3 is 6.09 Å². The molecule has 34 heavy (non-hydrogen) atoms. The Morgan fingerprint density at radius 3 is 2.47 bits per heavy atom. The Bertz CT molecular complexity index is 682. The number of ether oxygens (including phenoxy) is 1. The van der Waals surface area contributed by atoms with E-state index < -0.39 is 22.9 Å². The molecule has 0 spiro atoms. The summed E-state index contributed by atoms with van der Waals surface area (Å²) in [5.41, 5.74) is 6.21. The SMILES string of the molecule is CCCSC(C)(C)[C@@H](NC(=O)OCC(C)C)C(=O)N1C[C@H](N)C[C@H]1C(=O)NCC1CCCCC1. The van der Waals surface area contributed by atoms with Crippen molar-refractivity contribution in [3.05, 3.63) is 0 Å². The van der Waals surface area contributed by atoms with Crippen molar-refractivity contribution < 1.29 is 19.1 Å². The summed E-state index contributed by atoms with van der Waals surface area (Å²) in [5, 5.41) is 5.89. The maximum absolute atomic E-state index is 13.8. The summed E-state index contributed by atoms with van der Waals surface area (Å²) in [4.78, 5) is 41.0. The average Bonchev–Trinajstić information content (AvgIpc) is 3.20. The minimum absolute atomic E-state index is 0.146. The Labute approximate surface area is 209 Å². The third-order valence-electron chi connectivity index (χ3n) is 6.64. The highest BCUT2D eigenvalue weighted by molar-refractivity contribution is 8.00. The van der Waals surface area contributed by atoms with E-state index in [-0.39, 0.29) is 30.4 Å². The van der Waals surface area contributed by atoms with Crippen LogP contribution in [0.5, 0.6) is 0 Å². The number of thioether (sulfide) groups is 1. The van der Waals surface area contributed by atoms with Crippen molar-refractivity contribution in [1.82, 2.24) is 15.5 Å². The minimum Gasteiger partial charge on any atom is -0.449 e. The molecule has 3 amide bonds. The van der Waals surface area contributed by atoms with Gasteiger partial charge < -0.3 is 26.0 Å². The first-order valence-corrected chi connectivity index (χ1v) is 13.9. The molecule has 1 aliphatic heterocycles. The molecule has 0 aromatic heterocycles. The fourth-order valence-corrected chi connectivity index (χ4v) is 5.72. The molecule has 8 nitrogen and oxygen atoms in total. The molecular weight excluding hydrogens is 452 g/mol. The number of carbonyl (C=O) groups is 3. The van der Waals surface area contributed by atoms with Gasteiger partial charge in [0, 0.05) is 23.9 Å². The van der Waals surface area contributed by atoms with Gasteiger partial charge in [0.15, 0.2) is 0 Å². The van der Waals surface area contributed by atoms with Crippen molar-refractivity contribution in [3.63, 3.8) is 0 Å². The van der Waals surface area contributed by atoms with Crippen molar-refractivity contribution in [2.45, 2.75) is 102 Å². The van der Waals surface area contributed by atoms with Crippen LogP contribution in [-0.2, 0) is 14.3 Å². The van der Waals surface area contributed by atoms with Gasteiger partial charge in [0.2, 0.25) is 11.8 Å². The first-order valence-electron chi connectivity index (χ1n) is 13.0. The molecule has 1 saturated carbocycles. The van der Waals surface area contributed by atoms with Crippen LogP contribution in [0.2, 0.25) is 0 Å². The number of hydrogen-bond acceptors (Lipinski definition) is 6. The number of rotatable bonds is 11. The van der Waals surface area contributed by atoms with E-state index >= 15 is 0 Å². The van der Waals surface area contributed by atoms with Gasteiger partial charge in [-0.2, -0.15) is 11.8 Å². The largest absolute Gasteiger partial charge is 0.449 e. The Kier molecular flexibility index (Phi) is 11.5. The highest BCUT2D eigenvalue weighted by atomic mass is 32.2. The minimum atomic E-state index is -0.831. The number of nitrogens with one attached hydrogen (secondary N) is 2. The monoisotopic (exact) mass is 498 g/mol. The second kappa shape index (κ2) is 13.6. The second-order valence-electron chi connectivity index (χ2n) is 10.8. The maximum Gasteiger partial charge on any atom is 0.407 e. The van der Waals surface area contributed by atoms with Crippen LogP contribution in [0.25, 0.3) is 0 Å². The van der Waals surface area contributed by atoms with Crippen LogP contribution in [-0.4, -0.2) is 71.1 Å². The molecule has 1 saturated heterocycles. The quantitative estimate of drug-likeness (QED) is 0.403. The molecule has 0 aromatic carbocycles. The molecule has 0 radical (unpaired) electrons. The zero-order valence-corrected chi connectivity index (χ0v) is 22.5. The number of nitrogens with two attached hydrogens (primary N) is 1. The van der Waals surface area contributed by atoms with Crippen LogP contribution in [0.4, 0.5) is 4.79 Å². The van der Waals surface area contributed by atoms with Crippen LogP contribution in [0, 0.1) is 11.8 Å². The highest BCUT2D eigenvalue weighted by Crippen LogP contribution is 2.32. The van der Waals surface area contributed by atoms with E-state index in [1.165, 1.54) is 19.3 Å². The van der Waals surface area contributed by atoms with E-state index in [2.05, 4.69) is 17.6 Å². The van der Waals surface area contributed by atoms with Crippen LogP contribution in [0.1, 0.15) is 79.6 Å². The zero-order valence-electron chi connectivity index (χ0n) is 21.7. The van der Waals surface area contributed by atoms with Gasteiger partial charge in [0.25, 0.3) is 0 Å². The molecule has 0 bridgehead atoms. The summed E-state index contributed by atoms with van der Waals surface area (Å²) < 4.78 is 4.73. The molecule has 196 valence electrons. The lowest BCUT2D eigenvalue weighted by atomic mass is 9.89. The molecule has 3 atom stereocenters. The standard InChI is InChI=1S/C25H46N4O4S/c1-6-12-34-25(4,5)21(28-24(32)33-16-17(2)3)23(31)29-15-19(26)13-20(29)22(30)27-14-18-10-8-7-9-11-18/h17-21H,6-16,26H2,1-5H3,(H,27,30)(H,28,32)/t19-,20+,21+/m1/s1. The summed E-state index contributed by atoms with van der Waals surface area (Å²) in [5.74, 6) is 1.13. The van der Waals surface area contributed by atoms with Crippen molar-refractivity contribution in [1.29, 1.82) is 0 Å². The van der Waals surface area contributed by atoms with Gasteiger partial charge in [-0.25, -0.2) is 4.79 Å². The van der Waals surface area contributed by atoms with Crippen molar-refractivity contribution in [2.75, 3.05) is 25.4 Å². The summed E-state index contributed by atoms with van der Waals surface area (Å²) in [6.45, 7) is 11.1. The maximum atomic E-state index is 13.8. The Morgan fingerprint density at radius 2 is 1.85 bits per heavy atom. The molecule has 2 rings (SSSR count). The number of likely N-dealkylation sites (tertiary alicyclic amines) is 1. The normalized spacial score (nSPS) is 22.5. The summed E-state index contributed by atoms with van der Waals surface area (Å²) in [6.07, 6.45) is 6.74. The Balaban J connectivity index is 2.13. The lowest BCUT2D eigenvalue weighted by molar-refractivity contribution is -0.140. The fourth-order valence-electron chi connectivity index (χ4n) is 4.66. The molecule has 0 aromatic rings. The number of amides is 3. The smallest absolute Gasteiger partial charge is 0.407 e. The third-order valence-corrected chi connectivity index (χ3v) is 8.23. The molecule has 1 aliphatic carbocycles. The second-order valence-corrected chi connectivity index (χ2v) is 12.5. The molecular formula is C25H46N4O4S. The van der Waals surface area contributed by atoms with E-state index in [9.17, 15) is 14.4 Å². The third kappa shape index (κ3) is 8.63. The highest BCUT2D eigenvalue weighted by Gasteiger charge is 2.45. The van der Waals surface area contributed by atoms with E-state index in [4.69, 9.17) is 10.5 Å². The topological polar surface area (TPSA) is 114 Å². The van der Waals surface area contributed by atoms with Gasteiger partial charge in [-0.05, 0) is 57.1 Å². The summed E-state index contributed by atoms with van der Waals surface area (Å²) in [6, 6.07) is -1.72. The van der Waals surface area contributed by atoms with Gasteiger partial charge in [0.1, 0.15) is 12.1 Å². The van der Waals surface area contributed by atoms with Crippen molar-refractivity contribution in [3.8, 4) is 0 Å². The number of alkyl carbamates (subject to hydrolysis) is 1. The lowest BCUT2D eigenvalue weighted by Gasteiger charge is -2.37. The van der Waals surface area contributed by atoms with Gasteiger partial charge in [-0.15, -0.1) is 0 Å². The van der Waals surface area contributed by atoms with Crippen molar-refractivity contribution >= 4 is 29.7 Å². The predicted octanol–water partition coefficient (Wildman–Crippen LogP) is 3.28. The summed E-state index contributed by atoms with van der Waals surface area (Å²) in [7, 11) is 0. The first-order chi connectivity index (χ1) is 16.0. The van der Waals surface area contributed by atoms with E-state index in [0.29, 0.717) is 25.4 Å². The van der Waals surface area contributed by atoms with Crippen molar-refractivity contribution in [2.24, 2.45) is 17.6 Å². The summed E-state index contributed by atoms with van der Waals surface area (Å²) >= 11 is 1.63. The van der Waals surface area contributed by atoms with E-state index in [1.54, 1.807) is 16.7 Å². The average molecular weight is 499 g/mol. The number of hydrogen-bond donors (Lipinski definition) is 3. The Hall–Kier alpha value is -1.48. The molecule has 0 unspecified atom stereocenters.